The maximum atomic E-state index is 12.2. The number of rotatable bonds is 8. The number of nitrogens with zero attached hydrogens (tertiary/aromatic N) is 4. The van der Waals surface area contributed by atoms with Gasteiger partial charge in [0.15, 0.2) is 5.16 Å². The number of esters is 1. The van der Waals surface area contributed by atoms with Crippen molar-refractivity contribution >= 4 is 23.7 Å². The molecule has 1 fully saturated rings. The summed E-state index contributed by atoms with van der Waals surface area (Å²) in [7, 11) is 1.66. The largest absolute Gasteiger partial charge is 0.495 e. The van der Waals surface area contributed by atoms with Gasteiger partial charge in [0.25, 0.3) is 0 Å². The quantitative estimate of drug-likeness (QED) is 0.377. The highest BCUT2D eigenvalue weighted by molar-refractivity contribution is 7.98. The molecule has 0 N–H and O–H groups in total. The second kappa shape index (κ2) is 9.91. The number of carbonyl (C=O) groups excluding carboxylic acids is 1. The Morgan fingerprint density at radius 3 is 2.74 bits per heavy atom. The van der Waals surface area contributed by atoms with Gasteiger partial charge in [-0.25, -0.2) is 4.79 Å². The first-order chi connectivity index (χ1) is 15.2. The molecule has 0 spiro atoms. The third kappa shape index (κ3) is 4.56. The van der Waals surface area contributed by atoms with Gasteiger partial charge in [-0.15, -0.1) is 10.2 Å². The zero-order chi connectivity index (χ0) is 21.6. The van der Waals surface area contributed by atoms with Crippen molar-refractivity contribution in [2.45, 2.75) is 37.1 Å². The molecule has 0 aliphatic carbocycles. The van der Waals surface area contributed by atoms with E-state index < -0.39 is 0 Å². The van der Waals surface area contributed by atoms with Gasteiger partial charge in [-0.1, -0.05) is 23.9 Å². The summed E-state index contributed by atoms with van der Waals surface area (Å²) in [6, 6.07) is 9.47. The Hall–Kier alpha value is -2.94. The van der Waals surface area contributed by atoms with Crippen molar-refractivity contribution in [1.82, 2.24) is 14.8 Å². The van der Waals surface area contributed by atoms with E-state index in [9.17, 15) is 4.79 Å². The van der Waals surface area contributed by atoms with E-state index >= 15 is 0 Å². The van der Waals surface area contributed by atoms with Crippen LogP contribution in [0.15, 0.2) is 46.2 Å². The number of hydrogen-bond donors (Lipinski definition) is 0. The highest BCUT2D eigenvalue weighted by Gasteiger charge is 2.24. The molecule has 0 atom stereocenters. The predicted molar refractivity (Wildman–Crippen MR) is 118 cm³/mol. The maximum absolute atomic E-state index is 12.2. The van der Waals surface area contributed by atoms with Gasteiger partial charge in [0.2, 0.25) is 5.95 Å². The van der Waals surface area contributed by atoms with Crippen LogP contribution in [0, 0.1) is 0 Å². The monoisotopic (exact) mass is 442 g/mol. The zero-order valence-corrected chi connectivity index (χ0v) is 18.6. The average molecular weight is 443 g/mol. The molecular formula is C22H26N4O4S. The van der Waals surface area contributed by atoms with Crippen LogP contribution in [-0.4, -0.2) is 47.5 Å². The summed E-state index contributed by atoms with van der Waals surface area (Å²) in [6.45, 7) is 3.99. The third-order valence-corrected chi connectivity index (χ3v) is 6.08. The smallest absolute Gasteiger partial charge is 0.341 e. The summed E-state index contributed by atoms with van der Waals surface area (Å²) in [5, 5.41) is 9.70. The number of para-hydroxylation sites is 2. The molecule has 164 valence electrons. The Morgan fingerprint density at radius 1 is 1.16 bits per heavy atom. The summed E-state index contributed by atoms with van der Waals surface area (Å²) in [6.07, 6.45) is 5.01. The average Bonchev–Trinajstić information content (AvgIpc) is 3.45. The van der Waals surface area contributed by atoms with E-state index in [1.165, 1.54) is 24.4 Å². The molecule has 1 aromatic carbocycles. The lowest BCUT2D eigenvalue weighted by Gasteiger charge is -2.28. The lowest BCUT2D eigenvalue weighted by Crippen LogP contribution is -2.31. The van der Waals surface area contributed by atoms with Crippen molar-refractivity contribution in [2.75, 3.05) is 31.7 Å². The Kier molecular flexibility index (Phi) is 6.81. The number of thioether (sulfide) groups is 1. The van der Waals surface area contributed by atoms with Crippen LogP contribution in [0.1, 0.15) is 42.3 Å². The number of aromatic nitrogens is 3. The van der Waals surface area contributed by atoms with Crippen LogP contribution in [0.5, 0.6) is 5.75 Å². The molecule has 1 saturated heterocycles. The molecule has 8 nitrogen and oxygen atoms in total. The van der Waals surface area contributed by atoms with Crippen LogP contribution in [-0.2, 0) is 10.5 Å². The molecule has 2 aromatic heterocycles. The van der Waals surface area contributed by atoms with Crippen LogP contribution in [0.4, 0.5) is 5.95 Å². The number of anilines is 1. The first kappa shape index (κ1) is 21.3. The van der Waals surface area contributed by atoms with Gasteiger partial charge in [-0.3, -0.25) is 4.57 Å². The van der Waals surface area contributed by atoms with Crippen LogP contribution in [0.2, 0.25) is 0 Å². The standard InChI is InChI=1S/C22H26N4O4S/c1-3-29-20(27)16-11-14-30-19(16)15-31-22-24-23-21(25-12-7-4-8-13-25)26(22)17-9-5-6-10-18(17)28-2/h5-6,9-11,14H,3-4,7-8,12-13,15H2,1-2H3. The Bertz CT molecular complexity index is 1030. The lowest BCUT2D eigenvalue weighted by molar-refractivity contribution is 0.0524. The van der Waals surface area contributed by atoms with E-state index in [-0.39, 0.29) is 5.97 Å². The van der Waals surface area contributed by atoms with Gasteiger partial charge in [0, 0.05) is 13.1 Å². The van der Waals surface area contributed by atoms with Crippen molar-refractivity contribution in [3.05, 3.63) is 47.9 Å². The number of hydrogen-bond acceptors (Lipinski definition) is 8. The van der Waals surface area contributed by atoms with E-state index in [2.05, 4.69) is 15.1 Å². The number of ether oxygens (including phenoxy) is 2. The molecule has 0 amide bonds. The molecule has 3 aromatic rings. The highest BCUT2D eigenvalue weighted by Crippen LogP contribution is 2.34. The molecule has 0 saturated carbocycles. The topological polar surface area (TPSA) is 82.6 Å². The Morgan fingerprint density at radius 2 is 1.97 bits per heavy atom. The predicted octanol–water partition coefficient (Wildman–Crippen LogP) is 4.33. The number of benzene rings is 1. The second-order valence-electron chi connectivity index (χ2n) is 7.10. The van der Waals surface area contributed by atoms with Gasteiger partial charge in [-0.05, 0) is 44.4 Å². The molecule has 0 radical (unpaired) electrons. The molecular weight excluding hydrogens is 416 g/mol. The van der Waals surface area contributed by atoms with E-state index in [0.29, 0.717) is 28.8 Å². The first-order valence-corrected chi connectivity index (χ1v) is 11.4. The second-order valence-corrected chi connectivity index (χ2v) is 8.05. The summed E-state index contributed by atoms with van der Waals surface area (Å²) in [4.78, 5) is 14.4. The minimum absolute atomic E-state index is 0.317. The summed E-state index contributed by atoms with van der Waals surface area (Å²) >= 11 is 1.46. The summed E-state index contributed by atoms with van der Waals surface area (Å²) in [5.41, 5.74) is 1.32. The van der Waals surface area contributed by atoms with E-state index in [1.54, 1.807) is 20.1 Å². The fraction of sp³-hybridized carbons (Fsp3) is 0.409. The number of methoxy groups -OCH3 is 1. The molecule has 9 heteroatoms. The fourth-order valence-electron chi connectivity index (χ4n) is 3.65. The number of piperidine rings is 1. The lowest BCUT2D eigenvalue weighted by atomic mass is 10.1. The van der Waals surface area contributed by atoms with Gasteiger partial charge in [0.1, 0.15) is 17.1 Å². The van der Waals surface area contributed by atoms with Gasteiger partial charge in [-0.2, -0.15) is 0 Å². The van der Waals surface area contributed by atoms with E-state index in [1.807, 2.05) is 28.8 Å². The third-order valence-electron chi connectivity index (χ3n) is 5.15. The summed E-state index contributed by atoms with van der Waals surface area (Å²) < 4.78 is 18.3. The first-order valence-electron chi connectivity index (χ1n) is 10.4. The minimum Gasteiger partial charge on any atom is -0.495 e. The maximum Gasteiger partial charge on any atom is 0.341 e. The normalized spacial score (nSPS) is 13.9. The van der Waals surface area contributed by atoms with E-state index in [4.69, 9.17) is 13.9 Å². The van der Waals surface area contributed by atoms with Crippen LogP contribution in [0.3, 0.4) is 0 Å². The zero-order valence-electron chi connectivity index (χ0n) is 17.7. The molecule has 3 heterocycles. The van der Waals surface area contributed by atoms with Crippen LogP contribution in [0.25, 0.3) is 5.69 Å². The van der Waals surface area contributed by atoms with Gasteiger partial charge < -0.3 is 18.8 Å². The van der Waals surface area contributed by atoms with Crippen molar-refractivity contribution in [3.8, 4) is 11.4 Å². The minimum atomic E-state index is -0.382. The van der Waals surface area contributed by atoms with Crippen molar-refractivity contribution < 1.29 is 18.7 Å². The Balaban J connectivity index is 1.66. The fourth-order valence-corrected chi connectivity index (χ4v) is 4.54. The van der Waals surface area contributed by atoms with E-state index in [0.717, 1.165) is 43.3 Å². The SMILES string of the molecule is CCOC(=O)c1ccoc1CSc1nnc(N2CCCCC2)n1-c1ccccc1OC. The van der Waals surface area contributed by atoms with Crippen LogP contribution >= 0.6 is 11.8 Å². The molecule has 0 unspecified atom stereocenters. The van der Waals surface area contributed by atoms with Crippen molar-refractivity contribution in [2.24, 2.45) is 0 Å². The van der Waals surface area contributed by atoms with Gasteiger partial charge >= 0.3 is 5.97 Å². The molecule has 0 bridgehead atoms. The molecule has 4 rings (SSSR count). The molecule has 31 heavy (non-hydrogen) atoms. The highest BCUT2D eigenvalue weighted by atomic mass is 32.2. The van der Waals surface area contributed by atoms with Crippen LogP contribution < -0.4 is 9.64 Å². The number of carbonyl (C=O) groups is 1. The van der Waals surface area contributed by atoms with Crippen molar-refractivity contribution in [1.29, 1.82) is 0 Å². The van der Waals surface area contributed by atoms with Gasteiger partial charge in [0.05, 0.1) is 31.4 Å². The Labute approximate surface area is 185 Å². The molecule has 1 aliphatic rings. The van der Waals surface area contributed by atoms with Crippen molar-refractivity contribution in [3.63, 3.8) is 0 Å². The number of furan rings is 1. The summed E-state index contributed by atoms with van der Waals surface area (Å²) in [5.74, 6) is 2.14. The molecule has 1 aliphatic heterocycles.